The molecule has 1 aromatic heterocycles. The van der Waals surface area contributed by atoms with Gasteiger partial charge in [-0.2, -0.15) is 0 Å². The van der Waals surface area contributed by atoms with Crippen LogP contribution in [0.3, 0.4) is 0 Å². The van der Waals surface area contributed by atoms with Gasteiger partial charge >= 0.3 is 0 Å². The van der Waals surface area contributed by atoms with Crippen LogP contribution in [0.4, 0.5) is 0 Å². The van der Waals surface area contributed by atoms with Crippen molar-refractivity contribution in [3.63, 3.8) is 0 Å². The first kappa shape index (κ1) is 9.12. The third-order valence-corrected chi connectivity index (χ3v) is 3.38. The number of aryl methyl sites for hydroxylation is 1. The maximum atomic E-state index is 9.34. The van der Waals surface area contributed by atoms with E-state index in [2.05, 4.69) is 9.88 Å². The zero-order chi connectivity index (χ0) is 9.26. The summed E-state index contributed by atoms with van der Waals surface area (Å²) in [6.45, 7) is 4.82. The van der Waals surface area contributed by atoms with Crippen molar-refractivity contribution >= 4 is 11.3 Å². The highest BCUT2D eigenvalue weighted by atomic mass is 32.1. The zero-order valence-corrected chi connectivity index (χ0v) is 8.55. The zero-order valence-electron chi connectivity index (χ0n) is 7.73. The Bertz CT molecular complexity index is 287. The molecule has 2 rings (SSSR count). The normalized spacial score (nSPS) is 24.0. The summed E-state index contributed by atoms with van der Waals surface area (Å²) in [4.78, 5) is 7.82. The molecule has 0 amide bonds. The van der Waals surface area contributed by atoms with Crippen LogP contribution in [0.25, 0.3) is 0 Å². The van der Waals surface area contributed by atoms with Gasteiger partial charge in [-0.3, -0.25) is 4.90 Å². The summed E-state index contributed by atoms with van der Waals surface area (Å²) in [6, 6.07) is 0. The first-order chi connectivity index (χ1) is 6.25. The van der Waals surface area contributed by atoms with Gasteiger partial charge in [-0.25, -0.2) is 4.98 Å². The largest absolute Gasteiger partial charge is 0.392 e. The minimum Gasteiger partial charge on any atom is -0.392 e. The number of rotatable bonds is 2. The Hall–Kier alpha value is -0.450. The van der Waals surface area contributed by atoms with Gasteiger partial charge in [0.15, 0.2) is 0 Å². The molecule has 1 atom stereocenters. The number of aliphatic hydroxyl groups excluding tert-OH is 1. The van der Waals surface area contributed by atoms with E-state index in [0.29, 0.717) is 0 Å². The van der Waals surface area contributed by atoms with Crippen LogP contribution in [-0.4, -0.2) is 34.2 Å². The maximum Gasteiger partial charge on any atom is 0.0798 e. The lowest BCUT2D eigenvalue weighted by Crippen LogP contribution is -2.21. The van der Waals surface area contributed by atoms with Gasteiger partial charge in [-0.05, 0) is 13.3 Å². The van der Waals surface area contributed by atoms with Crippen molar-refractivity contribution in [1.82, 2.24) is 9.88 Å². The Labute approximate surface area is 82.0 Å². The number of aliphatic hydroxyl groups is 1. The molecule has 1 aromatic rings. The minimum atomic E-state index is -0.117. The van der Waals surface area contributed by atoms with E-state index in [-0.39, 0.29) is 6.10 Å². The minimum absolute atomic E-state index is 0.117. The summed E-state index contributed by atoms with van der Waals surface area (Å²) in [6.07, 6.45) is 0.797. The molecule has 0 aliphatic carbocycles. The van der Waals surface area contributed by atoms with Crippen LogP contribution in [0.15, 0.2) is 5.51 Å². The third kappa shape index (κ3) is 2.07. The van der Waals surface area contributed by atoms with Gasteiger partial charge in [0.25, 0.3) is 0 Å². The van der Waals surface area contributed by atoms with Crippen LogP contribution >= 0.6 is 11.3 Å². The van der Waals surface area contributed by atoms with E-state index in [0.717, 1.165) is 31.7 Å². The molecule has 0 aromatic carbocycles. The molecular formula is C9H14N2OS. The number of aromatic nitrogens is 1. The van der Waals surface area contributed by atoms with Crippen LogP contribution < -0.4 is 0 Å². The van der Waals surface area contributed by atoms with E-state index in [1.54, 1.807) is 11.3 Å². The molecule has 1 N–H and O–H groups in total. The highest BCUT2D eigenvalue weighted by molar-refractivity contribution is 7.09. The van der Waals surface area contributed by atoms with Gasteiger partial charge in [-0.1, -0.05) is 0 Å². The van der Waals surface area contributed by atoms with Gasteiger partial charge in [0.2, 0.25) is 0 Å². The summed E-state index contributed by atoms with van der Waals surface area (Å²) >= 11 is 1.70. The van der Waals surface area contributed by atoms with E-state index < -0.39 is 0 Å². The second-order valence-corrected chi connectivity index (χ2v) is 4.48. The Morgan fingerprint density at radius 1 is 1.77 bits per heavy atom. The second kappa shape index (κ2) is 3.74. The van der Waals surface area contributed by atoms with Crippen LogP contribution in [0.1, 0.15) is 17.0 Å². The Morgan fingerprint density at radius 3 is 3.15 bits per heavy atom. The molecule has 72 valence electrons. The van der Waals surface area contributed by atoms with Gasteiger partial charge in [-0.15, -0.1) is 11.3 Å². The fourth-order valence-electron chi connectivity index (χ4n) is 1.64. The highest BCUT2D eigenvalue weighted by Gasteiger charge is 2.20. The van der Waals surface area contributed by atoms with Gasteiger partial charge in [0.1, 0.15) is 0 Å². The quantitative estimate of drug-likeness (QED) is 0.770. The van der Waals surface area contributed by atoms with Gasteiger partial charge in [0.05, 0.1) is 17.3 Å². The molecule has 4 heteroatoms. The molecule has 3 nitrogen and oxygen atoms in total. The average molecular weight is 198 g/mol. The van der Waals surface area contributed by atoms with Gasteiger partial charge < -0.3 is 5.11 Å². The lowest BCUT2D eigenvalue weighted by atomic mass is 10.3. The predicted molar refractivity (Wildman–Crippen MR) is 52.8 cm³/mol. The van der Waals surface area contributed by atoms with E-state index in [1.807, 2.05) is 12.4 Å². The van der Waals surface area contributed by atoms with E-state index >= 15 is 0 Å². The lowest BCUT2D eigenvalue weighted by Gasteiger charge is -2.13. The molecule has 0 bridgehead atoms. The molecule has 13 heavy (non-hydrogen) atoms. The Morgan fingerprint density at radius 2 is 2.62 bits per heavy atom. The van der Waals surface area contributed by atoms with E-state index in [9.17, 15) is 5.11 Å². The molecular weight excluding hydrogens is 184 g/mol. The first-order valence-corrected chi connectivity index (χ1v) is 5.43. The molecule has 0 unspecified atom stereocenters. The fraction of sp³-hybridized carbons (Fsp3) is 0.667. The molecule has 0 radical (unpaired) electrons. The number of thiazole rings is 1. The van der Waals surface area contributed by atoms with Crippen molar-refractivity contribution in [1.29, 1.82) is 0 Å². The third-order valence-electron chi connectivity index (χ3n) is 2.46. The maximum absolute atomic E-state index is 9.34. The van der Waals surface area contributed by atoms with E-state index in [4.69, 9.17) is 0 Å². The summed E-state index contributed by atoms with van der Waals surface area (Å²) < 4.78 is 0. The fourth-order valence-corrected chi connectivity index (χ4v) is 2.46. The molecule has 1 aliphatic rings. The van der Waals surface area contributed by atoms with Crippen LogP contribution in [0.2, 0.25) is 0 Å². The van der Waals surface area contributed by atoms with Crippen LogP contribution in [0, 0.1) is 6.92 Å². The highest BCUT2D eigenvalue weighted by Crippen LogP contribution is 2.18. The van der Waals surface area contributed by atoms with Crippen molar-refractivity contribution in [2.75, 3.05) is 13.1 Å². The molecule has 1 aliphatic heterocycles. The number of hydrogen-bond donors (Lipinski definition) is 1. The Balaban J connectivity index is 1.95. The molecule has 0 saturated carbocycles. The van der Waals surface area contributed by atoms with Crippen LogP contribution in [-0.2, 0) is 6.54 Å². The topological polar surface area (TPSA) is 36.4 Å². The van der Waals surface area contributed by atoms with Crippen molar-refractivity contribution in [3.05, 3.63) is 16.1 Å². The Kier molecular flexibility index (Phi) is 2.62. The second-order valence-electron chi connectivity index (χ2n) is 3.54. The molecule has 0 spiro atoms. The molecule has 1 saturated heterocycles. The molecule has 2 heterocycles. The summed E-state index contributed by atoms with van der Waals surface area (Å²) in [7, 11) is 0. The monoisotopic (exact) mass is 198 g/mol. The lowest BCUT2D eigenvalue weighted by molar-refractivity contribution is 0.175. The number of hydrogen-bond acceptors (Lipinski definition) is 4. The molecule has 1 fully saturated rings. The van der Waals surface area contributed by atoms with Crippen molar-refractivity contribution in [2.24, 2.45) is 0 Å². The summed E-state index contributed by atoms with van der Waals surface area (Å²) in [5, 5.41) is 9.34. The summed E-state index contributed by atoms with van der Waals surface area (Å²) in [5.74, 6) is 0. The van der Waals surface area contributed by atoms with Crippen molar-refractivity contribution < 1.29 is 5.11 Å². The standard InChI is InChI=1S/C9H14N2OS/c1-7-9(13-6-10-7)5-11-3-2-8(12)4-11/h6,8,12H,2-5H2,1H3/t8-/m0/s1. The first-order valence-electron chi connectivity index (χ1n) is 4.55. The summed E-state index contributed by atoms with van der Waals surface area (Å²) in [5.41, 5.74) is 3.02. The smallest absolute Gasteiger partial charge is 0.0798 e. The number of β-amino-alcohol motifs (C(OH)–C–C–N with tert-alkyl or cyclic N) is 1. The van der Waals surface area contributed by atoms with Gasteiger partial charge in [0, 0.05) is 24.5 Å². The number of nitrogens with zero attached hydrogens (tertiary/aromatic N) is 2. The van der Waals surface area contributed by atoms with Crippen molar-refractivity contribution in [2.45, 2.75) is 26.0 Å². The SMILES string of the molecule is Cc1ncsc1CN1CC[C@H](O)C1. The van der Waals surface area contributed by atoms with Crippen LogP contribution in [0.5, 0.6) is 0 Å². The van der Waals surface area contributed by atoms with E-state index in [1.165, 1.54) is 4.88 Å². The average Bonchev–Trinajstić information content (AvgIpc) is 2.64. The predicted octanol–water partition coefficient (Wildman–Crippen LogP) is 1.02. The van der Waals surface area contributed by atoms with Crippen molar-refractivity contribution in [3.8, 4) is 0 Å². The number of likely N-dealkylation sites (tertiary alicyclic amines) is 1.